The quantitative estimate of drug-likeness (QED) is 0.197. The second kappa shape index (κ2) is 10.5. The van der Waals surface area contributed by atoms with Crippen LogP contribution in [0.25, 0.3) is 99.9 Å². The Morgan fingerprint density at radius 1 is 0.354 bits per heavy atom. The maximum atomic E-state index is 6.69. The van der Waals surface area contributed by atoms with E-state index in [9.17, 15) is 0 Å². The SMILES string of the molecule is c1ccc(-c2nc(-c3ccc4c(c3)oc3c(-c5cccc6ccccc56)cccc34)nc(-c3cccc4oc5ccccc5c34)n2)cc1. The van der Waals surface area contributed by atoms with Gasteiger partial charge in [-0.3, -0.25) is 0 Å². The fraction of sp³-hybridized carbons (Fsp3) is 0. The fourth-order valence-corrected chi connectivity index (χ4v) is 6.91. The predicted molar refractivity (Wildman–Crippen MR) is 194 cm³/mol. The van der Waals surface area contributed by atoms with Crippen LogP contribution in [0.1, 0.15) is 0 Å². The van der Waals surface area contributed by atoms with Crippen LogP contribution >= 0.6 is 0 Å². The van der Waals surface area contributed by atoms with Gasteiger partial charge < -0.3 is 8.83 Å². The first-order valence-corrected chi connectivity index (χ1v) is 15.9. The summed E-state index contributed by atoms with van der Waals surface area (Å²) in [5, 5.41) is 6.52. The van der Waals surface area contributed by atoms with Crippen LogP contribution in [0.5, 0.6) is 0 Å². The Bertz CT molecular complexity index is 2840. The highest BCUT2D eigenvalue weighted by molar-refractivity contribution is 6.13. The predicted octanol–water partition coefficient (Wildman–Crippen LogP) is 11.5. The maximum Gasteiger partial charge on any atom is 0.164 e. The number of hydrogen-bond acceptors (Lipinski definition) is 5. The number of furan rings is 2. The van der Waals surface area contributed by atoms with E-state index in [1.807, 2.05) is 66.7 Å². The summed E-state index contributed by atoms with van der Waals surface area (Å²) < 4.78 is 12.9. The monoisotopic (exact) mass is 615 g/mol. The number of nitrogens with zero attached hydrogens (tertiary/aromatic N) is 3. The van der Waals surface area contributed by atoms with Gasteiger partial charge in [0, 0.05) is 43.8 Å². The molecule has 0 saturated carbocycles. The molecule has 0 aliphatic rings. The van der Waals surface area contributed by atoms with Crippen molar-refractivity contribution >= 4 is 54.6 Å². The molecule has 3 aromatic heterocycles. The number of fused-ring (bicyclic) bond motifs is 7. The van der Waals surface area contributed by atoms with Crippen LogP contribution in [0.4, 0.5) is 0 Å². The summed E-state index contributed by atoms with van der Waals surface area (Å²) in [5.41, 5.74) is 8.13. The second-order valence-corrected chi connectivity index (χ2v) is 12.0. The molecular weight excluding hydrogens is 590 g/mol. The zero-order valence-electron chi connectivity index (χ0n) is 25.6. The molecule has 0 fully saturated rings. The summed E-state index contributed by atoms with van der Waals surface area (Å²) in [6, 6.07) is 51.6. The van der Waals surface area contributed by atoms with Gasteiger partial charge in [0.15, 0.2) is 17.5 Å². The van der Waals surface area contributed by atoms with Gasteiger partial charge in [0.25, 0.3) is 0 Å². The number of rotatable bonds is 4. The van der Waals surface area contributed by atoms with E-state index in [-0.39, 0.29) is 0 Å². The summed E-state index contributed by atoms with van der Waals surface area (Å²) in [4.78, 5) is 15.1. The van der Waals surface area contributed by atoms with Crippen LogP contribution in [0.2, 0.25) is 0 Å². The first kappa shape index (κ1) is 26.6. The van der Waals surface area contributed by atoms with Crippen LogP contribution < -0.4 is 0 Å². The van der Waals surface area contributed by atoms with Crippen molar-refractivity contribution in [2.24, 2.45) is 0 Å². The molecule has 224 valence electrons. The van der Waals surface area contributed by atoms with E-state index in [1.165, 1.54) is 10.8 Å². The van der Waals surface area contributed by atoms with Gasteiger partial charge in [-0.2, -0.15) is 0 Å². The Morgan fingerprint density at radius 3 is 1.92 bits per heavy atom. The minimum Gasteiger partial charge on any atom is -0.456 e. The Hall–Kier alpha value is -6.59. The molecule has 0 saturated heterocycles. The number of hydrogen-bond donors (Lipinski definition) is 0. The van der Waals surface area contributed by atoms with E-state index in [0.29, 0.717) is 17.5 Å². The molecule has 0 amide bonds. The zero-order valence-corrected chi connectivity index (χ0v) is 25.6. The van der Waals surface area contributed by atoms with Gasteiger partial charge in [-0.25, -0.2) is 15.0 Å². The van der Waals surface area contributed by atoms with Crippen molar-refractivity contribution in [2.45, 2.75) is 0 Å². The lowest BCUT2D eigenvalue weighted by atomic mass is 9.96. The average molecular weight is 616 g/mol. The Balaban J connectivity index is 1.18. The summed E-state index contributed by atoms with van der Waals surface area (Å²) >= 11 is 0. The molecule has 48 heavy (non-hydrogen) atoms. The van der Waals surface area contributed by atoms with Gasteiger partial charge in [-0.1, -0.05) is 127 Å². The normalized spacial score (nSPS) is 11.8. The molecule has 0 N–H and O–H groups in total. The van der Waals surface area contributed by atoms with E-state index < -0.39 is 0 Å². The summed E-state index contributed by atoms with van der Waals surface area (Å²) in [6.45, 7) is 0. The van der Waals surface area contributed by atoms with Gasteiger partial charge in [0.05, 0.1) is 0 Å². The average Bonchev–Trinajstić information content (AvgIpc) is 3.73. The smallest absolute Gasteiger partial charge is 0.164 e. The Labute approximate surface area is 274 Å². The van der Waals surface area contributed by atoms with E-state index in [2.05, 4.69) is 84.9 Å². The van der Waals surface area contributed by atoms with Crippen LogP contribution in [-0.4, -0.2) is 15.0 Å². The van der Waals surface area contributed by atoms with Crippen molar-refractivity contribution in [1.29, 1.82) is 0 Å². The number of para-hydroxylation sites is 2. The van der Waals surface area contributed by atoms with Gasteiger partial charge in [-0.05, 0) is 40.6 Å². The summed E-state index contributed by atoms with van der Waals surface area (Å²) in [7, 11) is 0. The minimum absolute atomic E-state index is 0.570. The molecule has 0 spiro atoms. The van der Waals surface area contributed by atoms with Crippen LogP contribution in [-0.2, 0) is 0 Å². The van der Waals surface area contributed by atoms with Crippen LogP contribution in [0.15, 0.2) is 160 Å². The highest BCUT2D eigenvalue weighted by Crippen LogP contribution is 2.40. The van der Waals surface area contributed by atoms with E-state index in [0.717, 1.165) is 71.7 Å². The van der Waals surface area contributed by atoms with Gasteiger partial charge in [0.2, 0.25) is 0 Å². The van der Waals surface area contributed by atoms with Crippen molar-refractivity contribution < 1.29 is 8.83 Å². The van der Waals surface area contributed by atoms with Crippen LogP contribution in [0, 0.1) is 0 Å². The molecule has 5 heteroatoms. The van der Waals surface area contributed by atoms with E-state index in [1.54, 1.807) is 0 Å². The Morgan fingerprint density at radius 2 is 1.00 bits per heavy atom. The van der Waals surface area contributed by atoms with Crippen LogP contribution in [0.3, 0.4) is 0 Å². The summed E-state index contributed by atoms with van der Waals surface area (Å²) in [6.07, 6.45) is 0. The lowest BCUT2D eigenvalue weighted by Gasteiger charge is -2.09. The van der Waals surface area contributed by atoms with Crippen molar-refractivity contribution in [1.82, 2.24) is 15.0 Å². The van der Waals surface area contributed by atoms with E-state index in [4.69, 9.17) is 23.8 Å². The van der Waals surface area contributed by atoms with E-state index >= 15 is 0 Å². The molecule has 0 aliphatic heterocycles. The van der Waals surface area contributed by atoms with Crippen molar-refractivity contribution in [2.75, 3.05) is 0 Å². The Kier molecular flexibility index (Phi) is 5.81. The maximum absolute atomic E-state index is 6.69. The fourth-order valence-electron chi connectivity index (χ4n) is 6.91. The third kappa shape index (κ3) is 4.15. The second-order valence-electron chi connectivity index (χ2n) is 12.0. The molecule has 7 aromatic carbocycles. The van der Waals surface area contributed by atoms with Crippen molar-refractivity contribution in [3.05, 3.63) is 152 Å². The number of benzene rings is 7. The third-order valence-corrected chi connectivity index (χ3v) is 9.15. The molecule has 0 radical (unpaired) electrons. The van der Waals surface area contributed by atoms with Crippen molar-refractivity contribution in [3.63, 3.8) is 0 Å². The van der Waals surface area contributed by atoms with Gasteiger partial charge in [0.1, 0.15) is 22.3 Å². The lowest BCUT2D eigenvalue weighted by Crippen LogP contribution is -2.00. The molecule has 10 rings (SSSR count). The standard InChI is InChI=1S/C43H25N3O2/c1-2-12-27(13-3-1)41-44-42(46-43(45-41)35-20-10-22-37-39(35)34-16-6-7-21-36(34)47-37)28-23-24-31-33-19-9-18-32(40(33)48-38(31)25-28)30-17-8-14-26-11-4-5-15-29(26)30/h1-25H. The molecule has 0 unspecified atom stereocenters. The summed E-state index contributed by atoms with van der Waals surface area (Å²) in [5.74, 6) is 1.75. The molecule has 3 heterocycles. The highest BCUT2D eigenvalue weighted by atomic mass is 16.3. The third-order valence-electron chi connectivity index (χ3n) is 9.15. The topological polar surface area (TPSA) is 65.0 Å². The van der Waals surface area contributed by atoms with Crippen molar-refractivity contribution in [3.8, 4) is 45.3 Å². The molecule has 0 aliphatic carbocycles. The highest BCUT2D eigenvalue weighted by Gasteiger charge is 2.19. The van der Waals surface area contributed by atoms with Gasteiger partial charge in [-0.15, -0.1) is 0 Å². The first-order chi connectivity index (χ1) is 23.8. The molecule has 0 atom stereocenters. The largest absolute Gasteiger partial charge is 0.456 e. The molecule has 5 nitrogen and oxygen atoms in total. The van der Waals surface area contributed by atoms with Gasteiger partial charge >= 0.3 is 0 Å². The minimum atomic E-state index is 0.570. The molecule has 10 aromatic rings. The first-order valence-electron chi connectivity index (χ1n) is 15.9. The number of aromatic nitrogens is 3. The molecular formula is C43H25N3O2. The zero-order chi connectivity index (χ0) is 31.6. The molecule has 0 bridgehead atoms. The lowest BCUT2D eigenvalue weighted by molar-refractivity contribution is 0.669.